The zero-order chi connectivity index (χ0) is 20.3. The van der Waals surface area contributed by atoms with Crippen LogP contribution in [0.25, 0.3) is 0 Å². The number of rotatable bonds is 10. The van der Waals surface area contributed by atoms with E-state index in [1.807, 2.05) is 54.6 Å². The molecule has 0 aliphatic carbocycles. The first-order valence-electron chi connectivity index (χ1n) is 9.31. The van der Waals surface area contributed by atoms with E-state index in [1.165, 1.54) is 0 Å². The Morgan fingerprint density at radius 3 is 1.90 bits per heavy atom. The first-order chi connectivity index (χ1) is 14.2. The Morgan fingerprint density at radius 1 is 0.724 bits per heavy atom. The summed E-state index contributed by atoms with van der Waals surface area (Å²) in [7, 11) is 1.60. The molecule has 0 atom stereocenters. The van der Waals surface area contributed by atoms with Gasteiger partial charge in [-0.3, -0.25) is 4.79 Å². The van der Waals surface area contributed by atoms with Crippen LogP contribution in [0.2, 0.25) is 0 Å². The molecule has 0 aromatic heterocycles. The summed E-state index contributed by atoms with van der Waals surface area (Å²) in [6.07, 6.45) is 0. The third kappa shape index (κ3) is 6.77. The fourth-order valence-electron chi connectivity index (χ4n) is 2.57. The maximum Gasteiger partial charge on any atom is 0.243 e. The van der Waals surface area contributed by atoms with Crippen molar-refractivity contribution in [1.29, 1.82) is 0 Å². The maximum atomic E-state index is 12.1. The molecular formula is C23H24N2O4. The van der Waals surface area contributed by atoms with Gasteiger partial charge in [0, 0.05) is 11.4 Å². The van der Waals surface area contributed by atoms with Gasteiger partial charge in [0.25, 0.3) is 0 Å². The van der Waals surface area contributed by atoms with Crippen molar-refractivity contribution in [3.8, 4) is 17.2 Å². The van der Waals surface area contributed by atoms with E-state index < -0.39 is 0 Å². The molecule has 0 saturated heterocycles. The van der Waals surface area contributed by atoms with E-state index >= 15 is 0 Å². The molecule has 0 bridgehead atoms. The lowest BCUT2D eigenvalue weighted by Gasteiger charge is -2.10. The van der Waals surface area contributed by atoms with Crippen LogP contribution in [-0.4, -0.2) is 32.8 Å². The van der Waals surface area contributed by atoms with Crippen molar-refractivity contribution >= 4 is 17.3 Å². The summed E-state index contributed by atoms with van der Waals surface area (Å²) in [6.45, 7) is 1.08. The summed E-state index contributed by atoms with van der Waals surface area (Å²) in [5.41, 5.74) is 1.56. The smallest absolute Gasteiger partial charge is 0.243 e. The molecule has 2 N–H and O–H groups in total. The summed E-state index contributed by atoms with van der Waals surface area (Å²) in [5.74, 6) is 2.18. The molecule has 0 spiro atoms. The van der Waals surface area contributed by atoms with Crippen LogP contribution in [0.5, 0.6) is 17.2 Å². The summed E-state index contributed by atoms with van der Waals surface area (Å²) in [5, 5.41) is 5.91. The van der Waals surface area contributed by atoms with E-state index in [4.69, 9.17) is 14.2 Å². The molecule has 1 amide bonds. The number of carbonyl (C=O) groups excluding carboxylic acids is 1. The Hall–Kier alpha value is -3.67. The van der Waals surface area contributed by atoms with Gasteiger partial charge in [-0.15, -0.1) is 0 Å². The monoisotopic (exact) mass is 392 g/mol. The molecule has 0 unspecified atom stereocenters. The molecule has 3 aromatic rings. The van der Waals surface area contributed by atoms with Crippen LogP contribution in [-0.2, 0) is 4.79 Å². The highest BCUT2D eigenvalue weighted by atomic mass is 16.5. The molecule has 0 heterocycles. The molecule has 3 aromatic carbocycles. The molecular weight excluding hydrogens is 368 g/mol. The largest absolute Gasteiger partial charge is 0.497 e. The zero-order valence-electron chi connectivity index (χ0n) is 16.3. The predicted octanol–water partition coefficient (Wildman–Crippen LogP) is 4.20. The number of hydrogen-bond acceptors (Lipinski definition) is 5. The van der Waals surface area contributed by atoms with Gasteiger partial charge in [0.1, 0.15) is 30.5 Å². The quantitative estimate of drug-likeness (QED) is 0.506. The normalized spacial score (nSPS) is 10.1. The van der Waals surface area contributed by atoms with E-state index in [9.17, 15) is 4.79 Å². The van der Waals surface area contributed by atoms with E-state index in [-0.39, 0.29) is 12.5 Å². The molecule has 0 fully saturated rings. The summed E-state index contributed by atoms with van der Waals surface area (Å²) >= 11 is 0. The van der Waals surface area contributed by atoms with Crippen LogP contribution in [0.3, 0.4) is 0 Å². The van der Waals surface area contributed by atoms with Crippen LogP contribution in [0.15, 0.2) is 78.9 Å². The third-order valence-electron chi connectivity index (χ3n) is 4.05. The number of hydrogen-bond donors (Lipinski definition) is 2. The fraction of sp³-hybridized carbons (Fsp3) is 0.174. The third-order valence-corrected chi connectivity index (χ3v) is 4.05. The number of methoxy groups -OCH3 is 1. The van der Waals surface area contributed by atoms with Crippen LogP contribution in [0.1, 0.15) is 0 Å². The van der Waals surface area contributed by atoms with Crippen molar-refractivity contribution in [3.05, 3.63) is 78.9 Å². The van der Waals surface area contributed by atoms with E-state index in [0.717, 1.165) is 28.6 Å². The molecule has 0 saturated carbocycles. The van der Waals surface area contributed by atoms with Gasteiger partial charge in [0.15, 0.2) is 0 Å². The topological polar surface area (TPSA) is 68.8 Å². The van der Waals surface area contributed by atoms with Crippen LogP contribution in [0.4, 0.5) is 11.4 Å². The van der Waals surface area contributed by atoms with Gasteiger partial charge >= 0.3 is 0 Å². The summed E-state index contributed by atoms with van der Waals surface area (Å²) < 4.78 is 16.4. The van der Waals surface area contributed by atoms with Crippen LogP contribution < -0.4 is 24.8 Å². The van der Waals surface area contributed by atoms with Crippen LogP contribution in [0, 0.1) is 0 Å². The second-order valence-electron chi connectivity index (χ2n) is 6.16. The average molecular weight is 392 g/mol. The number of carbonyl (C=O) groups is 1. The highest BCUT2D eigenvalue weighted by molar-refractivity contribution is 5.93. The van der Waals surface area contributed by atoms with Gasteiger partial charge in [0.05, 0.1) is 13.7 Å². The van der Waals surface area contributed by atoms with Crippen molar-refractivity contribution in [2.24, 2.45) is 0 Å². The molecule has 0 aliphatic rings. The number of benzene rings is 3. The maximum absolute atomic E-state index is 12.1. The van der Waals surface area contributed by atoms with Gasteiger partial charge < -0.3 is 24.8 Å². The van der Waals surface area contributed by atoms with Crippen molar-refractivity contribution in [3.63, 3.8) is 0 Å². The van der Waals surface area contributed by atoms with E-state index in [2.05, 4.69) is 10.6 Å². The first-order valence-corrected chi connectivity index (χ1v) is 9.31. The Balaban J connectivity index is 1.36. The lowest BCUT2D eigenvalue weighted by atomic mass is 10.3. The lowest BCUT2D eigenvalue weighted by molar-refractivity contribution is -0.114. The number of para-hydroxylation sites is 1. The minimum atomic E-state index is -0.131. The van der Waals surface area contributed by atoms with E-state index in [1.54, 1.807) is 31.4 Å². The molecule has 150 valence electrons. The average Bonchev–Trinajstić information content (AvgIpc) is 2.77. The van der Waals surface area contributed by atoms with Gasteiger partial charge in [-0.25, -0.2) is 0 Å². The first kappa shape index (κ1) is 20.1. The van der Waals surface area contributed by atoms with E-state index in [0.29, 0.717) is 13.2 Å². The molecule has 6 heteroatoms. The Labute approximate surface area is 170 Å². The Morgan fingerprint density at radius 2 is 1.28 bits per heavy atom. The van der Waals surface area contributed by atoms with Crippen molar-refractivity contribution in [2.45, 2.75) is 0 Å². The highest BCUT2D eigenvalue weighted by Gasteiger charge is 2.03. The van der Waals surface area contributed by atoms with Crippen molar-refractivity contribution in [2.75, 3.05) is 37.5 Å². The Kier molecular flexibility index (Phi) is 7.34. The molecule has 0 aliphatic heterocycles. The second kappa shape index (κ2) is 10.6. The number of amides is 1. The minimum Gasteiger partial charge on any atom is -0.497 e. The second-order valence-corrected chi connectivity index (χ2v) is 6.16. The molecule has 6 nitrogen and oxygen atoms in total. The van der Waals surface area contributed by atoms with Gasteiger partial charge in [0.2, 0.25) is 5.91 Å². The van der Waals surface area contributed by atoms with Gasteiger partial charge in [-0.05, 0) is 60.7 Å². The van der Waals surface area contributed by atoms with Crippen molar-refractivity contribution in [1.82, 2.24) is 0 Å². The highest BCUT2D eigenvalue weighted by Crippen LogP contribution is 2.17. The standard InChI is InChI=1S/C23H24N2O4/c1-27-20-11-9-19(10-12-20)25-23(26)17-24-18-7-13-22(14-8-18)29-16-15-28-21-5-3-2-4-6-21/h2-14,24H,15-17H2,1H3,(H,25,26). The molecule has 0 radical (unpaired) electrons. The predicted molar refractivity (Wildman–Crippen MR) is 114 cm³/mol. The zero-order valence-corrected chi connectivity index (χ0v) is 16.3. The summed E-state index contributed by atoms with van der Waals surface area (Å²) in [6, 6.07) is 24.3. The minimum absolute atomic E-state index is 0.131. The molecule has 3 rings (SSSR count). The number of nitrogens with one attached hydrogen (secondary N) is 2. The number of ether oxygens (including phenoxy) is 3. The van der Waals surface area contributed by atoms with Gasteiger partial charge in [-0.1, -0.05) is 18.2 Å². The van der Waals surface area contributed by atoms with Crippen molar-refractivity contribution < 1.29 is 19.0 Å². The fourth-order valence-corrected chi connectivity index (χ4v) is 2.57. The number of anilines is 2. The lowest BCUT2D eigenvalue weighted by Crippen LogP contribution is -2.21. The summed E-state index contributed by atoms with van der Waals surface area (Å²) in [4.78, 5) is 12.1. The molecule has 29 heavy (non-hydrogen) atoms. The van der Waals surface area contributed by atoms with Crippen LogP contribution >= 0.6 is 0 Å². The SMILES string of the molecule is COc1ccc(NC(=O)CNc2ccc(OCCOc3ccccc3)cc2)cc1. The Bertz CT molecular complexity index is 881. The van der Waals surface area contributed by atoms with Gasteiger partial charge in [-0.2, -0.15) is 0 Å².